The van der Waals surface area contributed by atoms with Gasteiger partial charge in [-0.3, -0.25) is 53.8 Å². The SMILES string of the molecule is C[C@H](NC(=O)C(CC(=O)OCc1ccccc1)Cc1ccccc1)C(=O)CF.C[C@H](NC(=O)C(Cc1ccccc1)NCS)C(=O)CF.C[C@H](NC(=O)C(N)Cc1ccccc1)C(=O)CF.Cc1ccc(C)cc1.Cc1ccc(CSCNC(Cc2ccccc2)C(=O)N[C@@H](C)C(=O)CF)cc1.[CH3-].[Pd]. The van der Waals surface area contributed by atoms with Crippen LogP contribution in [-0.2, 0) is 106 Å². The summed E-state index contributed by atoms with van der Waals surface area (Å²) in [5.41, 5.74) is 15.5. The fourth-order valence-electron chi connectivity index (χ4n) is 9.15. The van der Waals surface area contributed by atoms with Gasteiger partial charge in [0.2, 0.25) is 23.6 Å². The molecule has 0 heterocycles. The quantitative estimate of drug-likeness (QED) is 0.00350. The average molecular weight is 1570 g/mol. The standard InChI is InChI=1S/C22H27FN2O2S.C22H24FNO4.C14H19FN2O2S.C13H17FN2O2.C8H10.CH3.Pd/c1-16-8-10-19(11-9-16)14-28-15-24-20(12-18-6-4-3-5-7-18)22(27)25-17(2)21(26)13-23;1-16(20(25)14-23)24-22(27)19(12-17-8-4-2-5-9-17)13-21(26)28-15-18-10-6-3-7-11-18;1-10(13(18)8-15)17-14(19)12(16-9-20)7-11-5-3-2-4-6-11;1-9(12(17)8-14)16-13(18)11(15)7-10-5-3-2-4-6-10;1-7-3-5-8(2)6-4-7;;/h3-11,17,20,24H,12-15H2,1-2H3,(H,25,27);2-11,16,19H,12-15H2,1H3,(H,24,27);2-6,10,12,16,20H,7-9H2,1H3,(H,17,19);2-6,9,11H,7-8,15H2,1H3,(H,16,18);3-6H,1-2H3;1H3;/q;;;;;-1;/t17-,20?;16-,19?;10-,12?;9-,11?;;;/m0000.../s1. The largest absolute Gasteiger partial charge is 0.461 e. The van der Waals surface area contributed by atoms with Crippen molar-refractivity contribution >= 4 is 77.1 Å². The van der Waals surface area contributed by atoms with Crippen molar-refractivity contribution in [3.05, 3.63) is 258 Å². The minimum absolute atomic E-state index is 0. The number of carbonyl (C=O) groups excluding carboxylic acids is 9. The van der Waals surface area contributed by atoms with Crippen molar-refractivity contribution in [2.24, 2.45) is 11.7 Å². The Hall–Kier alpha value is -8.47. The summed E-state index contributed by atoms with van der Waals surface area (Å²) in [6.07, 6.45) is 1.52. The van der Waals surface area contributed by atoms with Gasteiger partial charge >= 0.3 is 5.97 Å². The minimum atomic E-state index is -1.15. The molecule has 24 heteroatoms. The van der Waals surface area contributed by atoms with Crippen LogP contribution in [0.5, 0.6) is 0 Å². The van der Waals surface area contributed by atoms with Gasteiger partial charge in [-0.15, -0.1) is 11.8 Å². The Balaban J connectivity index is 0.000000673. The molecule has 7 aromatic carbocycles. The molecule has 17 nitrogen and oxygen atoms in total. The van der Waals surface area contributed by atoms with Crippen LogP contribution in [0.4, 0.5) is 17.6 Å². The summed E-state index contributed by atoms with van der Waals surface area (Å²) in [6, 6.07) is 58.6. The smallest absolute Gasteiger partial charge is 0.306 e. The fourth-order valence-corrected chi connectivity index (χ4v) is 10.2. The second-order valence-electron chi connectivity index (χ2n) is 24.0. The number of thiol groups is 1. The molecule has 4 amide bonds. The van der Waals surface area contributed by atoms with Gasteiger partial charge in [-0.05, 0) is 108 Å². The molecular formula is C80H100F4N7O10PdS2-. The molecule has 0 saturated heterocycles. The fraction of sp³-hybridized carbons (Fsp3) is 0.350. The number of amides is 4. The van der Waals surface area contributed by atoms with Crippen molar-refractivity contribution < 1.29 is 85.9 Å². The number of ketones is 4. The molecule has 0 bridgehead atoms. The maximum Gasteiger partial charge on any atom is 0.306 e. The van der Waals surface area contributed by atoms with E-state index in [1.807, 2.05) is 152 Å². The normalized spacial score (nSPS) is 12.6. The van der Waals surface area contributed by atoms with Crippen LogP contribution >= 0.6 is 24.4 Å². The van der Waals surface area contributed by atoms with E-state index in [4.69, 9.17) is 10.5 Å². The Morgan fingerprint density at radius 1 is 0.413 bits per heavy atom. The van der Waals surface area contributed by atoms with Crippen LogP contribution in [0.15, 0.2) is 200 Å². The second-order valence-corrected chi connectivity index (χ2v) is 25.3. The first-order valence-corrected chi connectivity index (χ1v) is 35.1. The van der Waals surface area contributed by atoms with E-state index in [1.54, 1.807) is 11.8 Å². The topological polar surface area (TPSA) is 261 Å². The van der Waals surface area contributed by atoms with Gasteiger partial charge < -0.3 is 39.2 Å². The predicted octanol–water partition coefficient (Wildman–Crippen LogP) is 10.9. The van der Waals surface area contributed by atoms with E-state index in [-0.39, 0.29) is 52.7 Å². The van der Waals surface area contributed by atoms with Crippen molar-refractivity contribution in [1.29, 1.82) is 0 Å². The number of aryl methyl sites for hydroxylation is 3. The summed E-state index contributed by atoms with van der Waals surface area (Å²) in [5.74, 6) is -3.67. The number of benzene rings is 7. The molecule has 0 aromatic heterocycles. The molecule has 8 N–H and O–H groups in total. The van der Waals surface area contributed by atoms with Gasteiger partial charge in [0.25, 0.3) is 0 Å². The van der Waals surface area contributed by atoms with Crippen molar-refractivity contribution in [1.82, 2.24) is 31.9 Å². The number of Topliss-reactive ketones (excluding diaryl/α,β-unsaturated/α-hetero) is 4. The zero-order chi connectivity index (χ0) is 75.2. The third kappa shape index (κ3) is 39.4. The molecule has 0 radical (unpaired) electrons. The number of alkyl halides is 4. The third-order valence-electron chi connectivity index (χ3n) is 15.5. The van der Waals surface area contributed by atoms with Crippen molar-refractivity contribution in [2.75, 3.05) is 38.5 Å². The molecule has 7 rings (SSSR count). The van der Waals surface area contributed by atoms with E-state index in [0.29, 0.717) is 37.4 Å². The zero-order valence-electron chi connectivity index (χ0n) is 60.2. The Morgan fingerprint density at radius 2 is 0.721 bits per heavy atom. The number of thioether (sulfide) groups is 1. The summed E-state index contributed by atoms with van der Waals surface area (Å²) in [4.78, 5) is 106. The van der Waals surface area contributed by atoms with Crippen LogP contribution < -0.4 is 37.6 Å². The first kappa shape index (κ1) is 93.5. The van der Waals surface area contributed by atoms with E-state index in [9.17, 15) is 60.7 Å². The van der Waals surface area contributed by atoms with Gasteiger partial charge in [0.1, 0.15) is 33.3 Å². The third-order valence-corrected chi connectivity index (χ3v) is 16.5. The Labute approximate surface area is 634 Å². The Kier molecular flexibility index (Phi) is 48.7. The van der Waals surface area contributed by atoms with E-state index < -0.39 is 116 Å². The van der Waals surface area contributed by atoms with Crippen molar-refractivity contribution in [3.8, 4) is 0 Å². The van der Waals surface area contributed by atoms with Gasteiger partial charge in [-0.2, -0.15) is 12.6 Å². The number of nitrogens with two attached hydrogens (primary N) is 1. The molecule has 0 aliphatic heterocycles. The maximum atomic E-state index is 12.6. The van der Waals surface area contributed by atoms with Crippen LogP contribution in [0.25, 0.3) is 0 Å². The number of ether oxygens (including phenoxy) is 1. The summed E-state index contributed by atoms with van der Waals surface area (Å²) in [5, 5.41) is 16.2. The molecule has 4 unspecified atom stereocenters. The van der Waals surface area contributed by atoms with Crippen molar-refractivity contribution in [2.45, 2.75) is 135 Å². The maximum absolute atomic E-state index is 12.6. The number of nitrogens with one attached hydrogen (secondary N) is 6. The molecule has 0 fully saturated rings. The second kappa shape index (κ2) is 54.2. The molecule has 0 aliphatic rings. The Morgan fingerprint density at radius 3 is 1.08 bits per heavy atom. The van der Waals surface area contributed by atoms with Crippen LogP contribution in [0.2, 0.25) is 0 Å². The minimum Gasteiger partial charge on any atom is -0.461 e. The molecule has 566 valence electrons. The number of hydrogen-bond acceptors (Lipinski definition) is 15. The molecule has 104 heavy (non-hydrogen) atoms. The number of halogens is 4. The van der Waals surface area contributed by atoms with Gasteiger partial charge in [-0.1, -0.05) is 217 Å². The van der Waals surface area contributed by atoms with Crippen LogP contribution in [0, 0.1) is 34.1 Å². The summed E-state index contributed by atoms with van der Waals surface area (Å²) in [6.45, 7) is 7.82. The number of esters is 1. The molecule has 7 aromatic rings. The van der Waals surface area contributed by atoms with Crippen LogP contribution in [0.1, 0.15) is 84.2 Å². The van der Waals surface area contributed by atoms with E-state index in [0.717, 1.165) is 33.6 Å². The summed E-state index contributed by atoms with van der Waals surface area (Å²) >= 11 is 5.73. The average Bonchev–Trinajstić information content (AvgIpc) is 0.886. The number of hydrogen-bond donors (Lipinski definition) is 8. The van der Waals surface area contributed by atoms with Gasteiger partial charge in [0.15, 0.2) is 23.1 Å². The molecule has 0 spiro atoms. The summed E-state index contributed by atoms with van der Waals surface area (Å²) < 4.78 is 54.7. The first-order chi connectivity index (χ1) is 48.9. The van der Waals surface area contributed by atoms with E-state index in [2.05, 4.69) is 114 Å². The first-order valence-electron chi connectivity index (χ1n) is 33.3. The molecule has 0 aliphatic carbocycles. The number of rotatable bonds is 35. The van der Waals surface area contributed by atoms with Crippen LogP contribution in [0.3, 0.4) is 0 Å². The monoisotopic (exact) mass is 1560 g/mol. The molecule has 0 saturated carbocycles. The molecular weight excluding hydrogens is 1470 g/mol. The van der Waals surface area contributed by atoms with Crippen LogP contribution in [-0.4, -0.2) is 133 Å². The van der Waals surface area contributed by atoms with Crippen molar-refractivity contribution in [3.63, 3.8) is 0 Å². The zero-order valence-corrected chi connectivity index (χ0v) is 63.5. The van der Waals surface area contributed by atoms with Gasteiger partial charge in [0.05, 0.1) is 54.6 Å². The molecule has 8 atom stereocenters. The number of carbonyl (C=O) groups is 9. The summed E-state index contributed by atoms with van der Waals surface area (Å²) in [7, 11) is 0. The van der Waals surface area contributed by atoms with Gasteiger partial charge in [-0.25, -0.2) is 17.6 Å². The van der Waals surface area contributed by atoms with E-state index in [1.165, 1.54) is 49.9 Å². The predicted molar refractivity (Wildman–Crippen MR) is 405 cm³/mol. The Bertz CT molecular complexity index is 3590. The van der Waals surface area contributed by atoms with E-state index >= 15 is 0 Å². The van der Waals surface area contributed by atoms with Gasteiger partial charge in [0, 0.05) is 37.9 Å².